The minimum atomic E-state index is -0.310. The van der Waals surface area contributed by atoms with Crippen LogP contribution in [0.3, 0.4) is 0 Å². The molecule has 1 fully saturated rings. The summed E-state index contributed by atoms with van der Waals surface area (Å²) < 4.78 is 27.8. The Hall–Kier alpha value is -3.22. The van der Waals surface area contributed by atoms with Crippen LogP contribution in [0.25, 0.3) is 11.3 Å². The summed E-state index contributed by atoms with van der Waals surface area (Å²) in [4.78, 5) is 16.9. The lowest BCUT2D eigenvalue weighted by atomic mass is 10.1. The molecule has 1 aromatic heterocycles. The van der Waals surface area contributed by atoms with E-state index in [1.165, 1.54) is 24.3 Å². The van der Waals surface area contributed by atoms with E-state index in [-0.39, 0.29) is 17.5 Å². The Labute approximate surface area is 161 Å². The van der Waals surface area contributed by atoms with E-state index in [2.05, 4.69) is 10.00 Å². The first kappa shape index (κ1) is 18.2. The van der Waals surface area contributed by atoms with E-state index in [9.17, 15) is 13.6 Å². The third-order valence-corrected chi connectivity index (χ3v) is 5.00. The molecule has 7 heteroatoms. The smallest absolute Gasteiger partial charge is 0.272 e. The average molecular weight is 382 g/mol. The van der Waals surface area contributed by atoms with Gasteiger partial charge in [-0.3, -0.25) is 9.48 Å². The summed E-state index contributed by atoms with van der Waals surface area (Å²) in [7, 11) is 1.73. The molecule has 1 aliphatic heterocycles. The molecule has 0 aliphatic carbocycles. The van der Waals surface area contributed by atoms with Gasteiger partial charge in [0.1, 0.15) is 17.3 Å². The number of amides is 1. The van der Waals surface area contributed by atoms with Crippen LogP contribution in [0.4, 0.5) is 14.5 Å². The molecule has 0 bridgehead atoms. The SMILES string of the molecule is Cn1nc(-c2ccc(F)cc2)cc1C(=O)N1CCN(c2ccc(F)cc2)CC1. The second kappa shape index (κ2) is 7.42. The van der Waals surface area contributed by atoms with E-state index in [0.717, 1.165) is 11.3 Å². The standard InChI is InChI=1S/C21H20F2N4O/c1-25-20(14-19(24-25)15-2-4-16(22)5-3-15)21(28)27-12-10-26(11-13-27)18-8-6-17(23)7-9-18/h2-9,14H,10-13H2,1H3. The molecule has 144 valence electrons. The lowest BCUT2D eigenvalue weighted by molar-refractivity contribution is 0.0735. The highest BCUT2D eigenvalue weighted by atomic mass is 19.1. The molecule has 3 aromatic rings. The first-order valence-corrected chi connectivity index (χ1v) is 9.11. The first-order valence-electron chi connectivity index (χ1n) is 9.11. The molecule has 5 nitrogen and oxygen atoms in total. The topological polar surface area (TPSA) is 41.4 Å². The Morgan fingerprint density at radius 3 is 2.07 bits per heavy atom. The fraction of sp³-hybridized carbons (Fsp3) is 0.238. The Bertz CT molecular complexity index is 975. The van der Waals surface area contributed by atoms with Crippen LogP contribution >= 0.6 is 0 Å². The molecule has 1 saturated heterocycles. The Morgan fingerprint density at radius 2 is 1.46 bits per heavy atom. The van der Waals surface area contributed by atoms with E-state index in [1.54, 1.807) is 47.0 Å². The summed E-state index contributed by atoms with van der Waals surface area (Å²) in [6, 6.07) is 14.2. The Balaban J connectivity index is 1.45. The number of nitrogens with zero attached hydrogens (tertiary/aromatic N) is 4. The van der Waals surface area contributed by atoms with Crippen molar-refractivity contribution in [2.24, 2.45) is 7.05 Å². The van der Waals surface area contributed by atoms with E-state index >= 15 is 0 Å². The van der Waals surface area contributed by atoms with Gasteiger partial charge in [-0.1, -0.05) is 0 Å². The highest BCUT2D eigenvalue weighted by Gasteiger charge is 2.25. The number of piperazine rings is 1. The highest BCUT2D eigenvalue weighted by Crippen LogP contribution is 2.21. The van der Waals surface area contributed by atoms with E-state index in [0.29, 0.717) is 37.6 Å². The minimum absolute atomic E-state index is 0.0814. The van der Waals surface area contributed by atoms with Gasteiger partial charge in [0.15, 0.2) is 0 Å². The number of hydrogen-bond donors (Lipinski definition) is 0. The molecule has 2 aromatic carbocycles. The van der Waals surface area contributed by atoms with Crippen molar-refractivity contribution < 1.29 is 13.6 Å². The number of anilines is 1. The summed E-state index contributed by atoms with van der Waals surface area (Å²) in [5, 5.41) is 4.40. The first-order chi connectivity index (χ1) is 13.5. The Kier molecular flexibility index (Phi) is 4.81. The zero-order valence-electron chi connectivity index (χ0n) is 15.5. The second-order valence-corrected chi connectivity index (χ2v) is 6.80. The van der Waals surface area contributed by atoms with Crippen molar-refractivity contribution in [1.29, 1.82) is 0 Å². The maximum atomic E-state index is 13.1. The van der Waals surface area contributed by atoms with Gasteiger partial charge in [-0.25, -0.2) is 8.78 Å². The van der Waals surface area contributed by atoms with Gasteiger partial charge in [0.05, 0.1) is 5.69 Å². The van der Waals surface area contributed by atoms with Crippen LogP contribution in [0.15, 0.2) is 54.6 Å². The number of benzene rings is 2. The van der Waals surface area contributed by atoms with Gasteiger partial charge in [-0.2, -0.15) is 5.10 Å². The largest absolute Gasteiger partial charge is 0.368 e. The monoisotopic (exact) mass is 382 g/mol. The summed E-state index contributed by atoms with van der Waals surface area (Å²) >= 11 is 0. The molecule has 0 spiro atoms. The summed E-state index contributed by atoms with van der Waals surface area (Å²) in [5.74, 6) is -0.650. The van der Waals surface area contributed by atoms with Gasteiger partial charge >= 0.3 is 0 Å². The van der Waals surface area contributed by atoms with E-state index < -0.39 is 0 Å². The van der Waals surface area contributed by atoms with Crippen LogP contribution in [0.2, 0.25) is 0 Å². The van der Waals surface area contributed by atoms with Crippen molar-refractivity contribution in [3.63, 3.8) is 0 Å². The number of carbonyl (C=O) groups is 1. The molecular weight excluding hydrogens is 362 g/mol. The third kappa shape index (κ3) is 3.60. The molecule has 0 saturated carbocycles. The van der Waals surface area contributed by atoms with Gasteiger partial charge in [0, 0.05) is 44.5 Å². The zero-order chi connectivity index (χ0) is 19.7. The fourth-order valence-corrected chi connectivity index (χ4v) is 3.41. The molecule has 0 unspecified atom stereocenters. The molecule has 0 N–H and O–H groups in total. The second-order valence-electron chi connectivity index (χ2n) is 6.80. The Morgan fingerprint density at radius 1 is 0.893 bits per heavy atom. The molecule has 4 rings (SSSR count). The molecule has 0 atom stereocenters. The van der Waals surface area contributed by atoms with Crippen LogP contribution in [-0.4, -0.2) is 46.8 Å². The van der Waals surface area contributed by atoms with Gasteiger partial charge in [-0.15, -0.1) is 0 Å². The van der Waals surface area contributed by atoms with Crippen LogP contribution in [-0.2, 0) is 7.05 Å². The summed E-state index contributed by atoms with van der Waals surface area (Å²) in [6.07, 6.45) is 0. The highest BCUT2D eigenvalue weighted by molar-refractivity contribution is 5.94. The van der Waals surface area contributed by atoms with Gasteiger partial charge in [0.2, 0.25) is 0 Å². The normalized spacial score (nSPS) is 14.4. The fourth-order valence-electron chi connectivity index (χ4n) is 3.41. The molecular formula is C21H20F2N4O. The van der Waals surface area contributed by atoms with E-state index in [1.807, 2.05) is 0 Å². The van der Waals surface area contributed by atoms with Gasteiger partial charge in [0.25, 0.3) is 5.91 Å². The van der Waals surface area contributed by atoms with Crippen LogP contribution in [0.5, 0.6) is 0 Å². The number of rotatable bonds is 3. The van der Waals surface area contributed by atoms with Crippen molar-refractivity contribution >= 4 is 11.6 Å². The molecule has 1 aliphatic rings. The van der Waals surface area contributed by atoms with Gasteiger partial charge in [-0.05, 0) is 54.6 Å². The predicted molar refractivity (Wildman–Crippen MR) is 103 cm³/mol. The summed E-state index contributed by atoms with van der Waals surface area (Å²) in [5.41, 5.74) is 2.84. The quantitative estimate of drug-likeness (QED) is 0.698. The van der Waals surface area contributed by atoms with Crippen molar-refractivity contribution in [3.8, 4) is 11.3 Å². The lowest BCUT2D eigenvalue weighted by Crippen LogP contribution is -2.49. The summed E-state index contributed by atoms with van der Waals surface area (Å²) in [6.45, 7) is 2.51. The molecule has 0 radical (unpaired) electrons. The van der Waals surface area contributed by atoms with Crippen LogP contribution in [0.1, 0.15) is 10.5 Å². The molecule has 2 heterocycles. The van der Waals surface area contributed by atoms with E-state index in [4.69, 9.17) is 0 Å². The van der Waals surface area contributed by atoms with Crippen molar-refractivity contribution in [2.45, 2.75) is 0 Å². The number of halogens is 2. The van der Waals surface area contributed by atoms with Crippen molar-refractivity contribution in [3.05, 3.63) is 71.9 Å². The minimum Gasteiger partial charge on any atom is -0.368 e. The molecule has 1 amide bonds. The zero-order valence-corrected chi connectivity index (χ0v) is 15.5. The maximum absolute atomic E-state index is 13.1. The third-order valence-electron chi connectivity index (χ3n) is 5.00. The van der Waals surface area contributed by atoms with Crippen molar-refractivity contribution in [1.82, 2.24) is 14.7 Å². The lowest BCUT2D eigenvalue weighted by Gasteiger charge is -2.36. The van der Waals surface area contributed by atoms with Crippen molar-refractivity contribution in [2.75, 3.05) is 31.1 Å². The predicted octanol–water partition coefficient (Wildman–Crippen LogP) is 3.33. The number of carbonyl (C=O) groups excluding carboxylic acids is 1. The van der Waals surface area contributed by atoms with Crippen LogP contribution < -0.4 is 4.90 Å². The average Bonchev–Trinajstić information content (AvgIpc) is 3.10. The van der Waals surface area contributed by atoms with Crippen LogP contribution in [0, 0.1) is 11.6 Å². The van der Waals surface area contributed by atoms with Gasteiger partial charge < -0.3 is 9.80 Å². The number of aromatic nitrogens is 2. The number of aryl methyl sites for hydroxylation is 1. The molecule has 28 heavy (non-hydrogen) atoms. The maximum Gasteiger partial charge on any atom is 0.272 e. The number of hydrogen-bond acceptors (Lipinski definition) is 3.